The maximum atomic E-state index is 13.6. The van der Waals surface area contributed by atoms with Crippen molar-refractivity contribution in [1.29, 1.82) is 0 Å². The Hall–Kier alpha value is -3.40. The summed E-state index contributed by atoms with van der Waals surface area (Å²) in [6.07, 6.45) is 3.71. The molecule has 1 amide bonds. The van der Waals surface area contributed by atoms with Crippen LogP contribution in [0.5, 0.6) is 5.75 Å². The Morgan fingerprint density at radius 2 is 1.40 bits per heavy atom. The van der Waals surface area contributed by atoms with Crippen LogP contribution in [0, 0.1) is 0 Å². The van der Waals surface area contributed by atoms with Gasteiger partial charge in [-0.15, -0.1) is 0 Å². The zero-order valence-corrected chi connectivity index (χ0v) is 26.0. The second kappa shape index (κ2) is 21.3. The molecule has 2 aromatic carbocycles. The van der Waals surface area contributed by atoms with Crippen molar-refractivity contribution in [2.75, 3.05) is 26.4 Å². The maximum absolute atomic E-state index is 13.6. The normalized spacial score (nSPS) is 12.9. The molecule has 0 heterocycles. The van der Waals surface area contributed by atoms with E-state index in [1.54, 1.807) is 30.3 Å². The highest BCUT2D eigenvalue weighted by Gasteiger charge is 2.31. The number of para-hydroxylation sites is 1. The summed E-state index contributed by atoms with van der Waals surface area (Å²) in [7, 11) is -4.28. The van der Waals surface area contributed by atoms with Crippen LogP contribution in [0.25, 0.3) is 0 Å². The number of rotatable bonds is 22. The first kappa shape index (κ1) is 35.8. The molecule has 0 saturated carbocycles. The Morgan fingerprint density at radius 1 is 0.767 bits per heavy atom. The van der Waals surface area contributed by atoms with Gasteiger partial charge in [-0.2, -0.15) is 0 Å². The summed E-state index contributed by atoms with van der Waals surface area (Å²) in [6.45, 7) is 3.16. The number of hydrogen-bond acceptors (Lipinski definition) is 10. The fourth-order valence-corrected chi connectivity index (χ4v) is 4.84. The third-order valence-corrected chi connectivity index (χ3v) is 7.31. The lowest BCUT2D eigenvalue weighted by Crippen LogP contribution is -2.30. The Labute approximate surface area is 254 Å². The van der Waals surface area contributed by atoms with Gasteiger partial charge in [0.2, 0.25) is 0 Å². The fraction of sp³-hybridized carbons (Fsp3) is 0.516. The lowest BCUT2D eigenvalue weighted by Gasteiger charge is -2.22. The molecular formula is C31H44NO10P. The van der Waals surface area contributed by atoms with E-state index in [4.69, 9.17) is 27.8 Å². The summed E-state index contributed by atoms with van der Waals surface area (Å²) in [5.74, 6) is -0.691. The molecule has 0 saturated heterocycles. The Bertz CT molecular complexity index is 1120. The monoisotopic (exact) mass is 621 g/mol. The summed E-state index contributed by atoms with van der Waals surface area (Å²) < 4.78 is 46.1. The van der Waals surface area contributed by atoms with E-state index >= 15 is 0 Å². The van der Waals surface area contributed by atoms with Gasteiger partial charge in [-0.3, -0.25) is 18.6 Å². The van der Waals surface area contributed by atoms with Gasteiger partial charge in [0.1, 0.15) is 25.6 Å². The Kier molecular flexibility index (Phi) is 17.7. The Morgan fingerprint density at radius 3 is 2.05 bits per heavy atom. The molecular weight excluding hydrogens is 577 g/mol. The molecule has 1 N–H and O–H groups in total. The number of carbonyl (C=O) groups is 3. The molecule has 0 bridgehead atoms. The van der Waals surface area contributed by atoms with Crippen molar-refractivity contribution < 1.29 is 46.7 Å². The van der Waals surface area contributed by atoms with E-state index in [1.165, 1.54) is 0 Å². The number of unbranched alkanes of at least 4 members (excludes halogenated alkanes) is 4. The van der Waals surface area contributed by atoms with Crippen LogP contribution in [-0.4, -0.2) is 50.5 Å². The van der Waals surface area contributed by atoms with Crippen molar-refractivity contribution >= 4 is 25.9 Å². The molecule has 12 heteroatoms. The van der Waals surface area contributed by atoms with Crippen LogP contribution in [0.15, 0.2) is 60.7 Å². The number of hydrogen-bond donors (Lipinski definition) is 1. The van der Waals surface area contributed by atoms with Crippen LogP contribution in [0.4, 0.5) is 4.79 Å². The highest BCUT2D eigenvalue weighted by molar-refractivity contribution is 7.48. The van der Waals surface area contributed by atoms with Crippen molar-refractivity contribution in [1.82, 2.24) is 5.32 Å². The molecule has 0 spiro atoms. The SMILES string of the molecule is CCCCCC(=O)OC[C@H](COP(=O)(OCCNC(=O)OCc1ccccc1)Oc1ccccc1)OC(=O)CCCCC. The lowest BCUT2D eigenvalue weighted by molar-refractivity contribution is -0.161. The topological polar surface area (TPSA) is 136 Å². The van der Waals surface area contributed by atoms with Crippen molar-refractivity contribution in [2.24, 2.45) is 0 Å². The quantitative estimate of drug-likeness (QED) is 0.0651. The second-order valence-electron chi connectivity index (χ2n) is 9.68. The molecule has 2 rings (SSSR count). The number of ether oxygens (including phenoxy) is 3. The average Bonchev–Trinajstić information content (AvgIpc) is 3.01. The number of carbonyl (C=O) groups excluding carboxylic acids is 3. The van der Waals surface area contributed by atoms with Crippen LogP contribution in [0.1, 0.15) is 70.8 Å². The predicted molar refractivity (Wildman–Crippen MR) is 160 cm³/mol. The van der Waals surface area contributed by atoms with Crippen molar-refractivity contribution in [3.63, 3.8) is 0 Å². The lowest BCUT2D eigenvalue weighted by atomic mass is 10.2. The number of esters is 2. The summed E-state index contributed by atoms with van der Waals surface area (Å²) in [4.78, 5) is 36.6. The number of phosphoric ester groups is 1. The highest BCUT2D eigenvalue weighted by atomic mass is 31.2. The minimum Gasteiger partial charge on any atom is -0.462 e. The van der Waals surface area contributed by atoms with E-state index in [2.05, 4.69) is 5.32 Å². The maximum Gasteiger partial charge on any atom is 0.530 e. The minimum atomic E-state index is -4.28. The molecule has 0 radical (unpaired) electrons. The first-order chi connectivity index (χ1) is 20.8. The van der Waals surface area contributed by atoms with E-state index < -0.39 is 38.6 Å². The molecule has 0 aliphatic rings. The first-order valence-corrected chi connectivity index (χ1v) is 16.2. The summed E-state index contributed by atoms with van der Waals surface area (Å²) in [5, 5.41) is 2.51. The molecule has 2 atom stereocenters. The number of nitrogens with one attached hydrogen (secondary N) is 1. The minimum absolute atomic E-state index is 0.0513. The molecule has 0 fully saturated rings. The summed E-state index contributed by atoms with van der Waals surface area (Å²) in [5.41, 5.74) is 0.829. The van der Waals surface area contributed by atoms with E-state index in [1.807, 2.05) is 44.2 Å². The number of alkyl carbamates (subject to hydrolysis) is 1. The van der Waals surface area contributed by atoms with Crippen LogP contribution in [-0.2, 0) is 44.0 Å². The van der Waals surface area contributed by atoms with E-state index in [-0.39, 0.29) is 45.0 Å². The molecule has 238 valence electrons. The molecule has 43 heavy (non-hydrogen) atoms. The van der Waals surface area contributed by atoms with Gasteiger partial charge in [-0.25, -0.2) is 9.36 Å². The van der Waals surface area contributed by atoms with Gasteiger partial charge in [0.25, 0.3) is 0 Å². The van der Waals surface area contributed by atoms with Gasteiger partial charge in [-0.05, 0) is 30.5 Å². The van der Waals surface area contributed by atoms with Gasteiger partial charge >= 0.3 is 25.9 Å². The molecule has 0 aromatic heterocycles. The van der Waals surface area contributed by atoms with Gasteiger partial charge in [0.05, 0.1) is 6.61 Å². The second-order valence-corrected chi connectivity index (χ2v) is 11.3. The Balaban J connectivity index is 1.96. The van der Waals surface area contributed by atoms with Crippen molar-refractivity contribution in [2.45, 2.75) is 77.9 Å². The van der Waals surface area contributed by atoms with Crippen LogP contribution < -0.4 is 9.84 Å². The summed E-state index contributed by atoms with van der Waals surface area (Å²) >= 11 is 0. The van der Waals surface area contributed by atoms with Gasteiger partial charge in [0, 0.05) is 19.4 Å². The zero-order valence-electron chi connectivity index (χ0n) is 25.1. The molecule has 1 unspecified atom stereocenters. The number of amides is 1. The molecule has 2 aromatic rings. The van der Waals surface area contributed by atoms with E-state index in [0.29, 0.717) is 12.8 Å². The predicted octanol–water partition coefficient (Wildman–Crippen LogP) is 6.75. The largest absolute Gasteiger partial charge is 0.530 e. The zero-order chi connectivity index (χ0) is 31.2. The third kappa shape index (κ3) is 16.7. The molecule has 11 nitrogen and oxygen atoms in total. The van der Waals surface area contributed by atoms with Crippen molar-refractivity contribution in [3.05, 3.63) is 66.2 Å². The van der Waals surface area contributed by atoms with Gasteiger partial charge in [-0.1, -0.05) is 88.1 Å². The van der Waals surface area contributed by atoms with E-state index in [0.717, 1.165) is 31.2 Å². The first-order valence-electron chi connectivity index (χ1n) is 14.8. The molecule has 0 aliphatic heterocycles. The van der Waals surface area contributed by atoms with Gasteiger partial charge in [0.15, 0.2) is 6.10 Å². The third-order valence-electron chi connectivity index (χ3n) is 5.91. The summed E-state index contributed by atoms with van der Waals surface area (Å²) in [6, 6.07) is 17.5. The van der Waals surface area contributed by atoms with Crippen molar-refractivity contribution in [3.8, 4) is 5.75 Å². The number of benzene rings is 2. The van der Waals surface area contributed by atoms with Crippen LogP contribution in [0.3, 0.4) is 0 Å². The van der Waals surface area contributed by atoms with Crippen LogP contribution >= 0.6 is 7.82 Å². The average molecular weight is 622 g/mol. The standard InChI is InChI=1S/C31H44NO10P/c1-3-5-9-19-29(33)37-24-28(41-30(34)20-10-6-4-2)25-40-43(36,42-27-17-13-8-14-18-27)39-22-21-32-31(35)38-23-26-15-11-7-12-16-26/h7-8,11-18,28H,3-6,9-10,19-25H2,1-2H3,(H,32,35)/t28-,43?/m1/s1. The fourth-order valence-electron chi connectivity index (χ4n) is 3.62. The van der Waals surface area contributed by atoms with Crippen LogP contribution in [0.2, 0.25) is 0 Å². The highest BCUT2D eigenvalue weighted by Crippen LogP contribution is 2.49. The molecule has 0 aliphatic carbocycles. The smallest absolute Gasteiger partial charge is 0.462 e. The van der Waals surface area contributed by atoms with E-state index in [9.17, 15) is 18.9 Å². The number of phosphoric acid groups is 1. The van der Waals surface area contributed by atoms with Gasteiger partial charge < -0.3 is 24.1 Å².